The van der Waals surface area contributed by atoms with Crippen LogP contribution in [-0.2, 0) is 4.79 Å². The second-order valence-electron chi connectivity index (χ2n) is 4.69. The van der Waals surface area contributed by atoms with Gasteiger partial charge in [0.25, 0.3) is 5.91 Å². The van der Waals surface area contributed by atoms with Gasteiger partial charge in [-0.2, -0.15) is 0 Å². The van der Waals surface area contributed by atoms with Crippen LogP contribution in [-0.4, -0.2) is 46.8 Å². The van der Waals surface area contributed by atoms with Gasteiger partial charge in [-0.1, -0.05) is 25.4 Å². The van der Waals surface area contributed by atoms with Gasteiger partial charge in [0, 0.05) is 19.5 Å². The molecule has 0 bridgehead atoms. The molecule has 20 heavy (non-hydrogen) atoms. The lowest BCUT2D eigenvalue weighted by Crippen LogP contribution is -2.38. The Balaban J connectivity index is 2.90. The van der Waals surface area contributed by atoms with Crippen LogP contribution in [0.5, 0.6) is 0 Å². The van der Waals surface area contributed by atoms with Crippen molar-refractivity contribution in [2.75, 3.05) is 20.1 Å². The highest BCUT2D eigenvalue weighted by molar-refractivity contribution is 6.33. The Bertz CT molecular complexity index is 505. The minimum Gasteiger partial charge on any atom is -0.355 e. The predicted octanol–water partition coefficient (Wildman–Crippen LogP) is 1.46. The van der Waals surface area contributed by atoms with Gasteiger partial charge in [-0.05, 0) is 6.92 Å². The van der Waals surface area contributed by atoms with Gasteiger partial charge < -0.3 is 10.2 Å². The number of nitrogens with one attached hydrogen (secondary N) is 1. The SMILES string of the molecule is CCNC(=O)CN(C)C(=O)c1nc(C(C)C)ncc1Cl. The molecule has 110 valence electrons. The van der Waals surface area contributed by atoms with Crippen molar-refractivity contribution in [3.8, 4) is 0 Å². The van der Waals surface area contributed by atoms with Crippen molar-refractivity contribution < 1.29 is 9.59 Å². The van der Waals surface area contributed by atoms with E-state index in [0.717, 1.165) is 0 Å². The molecule has 0 fully saturated rings. The highest BCUT2D eigenvalue weighted by Gasteiger charge is 2.20. The van der Waals surface area contributed by atoms with E-state index < -0.39 is 5.91 Å². The van der Waals surface area contributed by atoms with E-state index in [-0.39, 0.29) is 29.1 Å². The maximum Gasteiger partial charge on any atom is 0.274 e. The van der Waals surface area contributed by atoms with Crippen LogP contribution in [0.25, 0.3) is 0 Å². The van der Waals surface area contributed by atoms with Gasteiger partial charge in [0.1, 0.15) is 5.82 Å². The highest BCUT2D eigenvalue weighted by Crippen LogP contribution is 2.17. The van der Waals surface area contributed by atoms with Crippen LogP contribution < -0.4 is 5.32 Å². The van der Waals surface area contributed by atoms with Crippen molar-refractivity contribution in [1.29, 1.82) is 0 Å². The summed E-state index contributed by atoms with van der Waals surface area (Å²) in [6, 6.07) is 0. The number of aromatic nitrogens is 2. The van der Waals surface area contributed by atoms with E-state index in [2.05, 4.69) is 15.3 Å². The number of rotatable bonds is 5. The van der Waals surface area contributed by atoms with E-state index in [1.54, 1.807) is 0 Å². The summed E-state index contributed by atoms with van der Waals surface area (Å²) in [7, 11) is 1.53. The monoisotopic (exact) mass is 298 g/mol. The Hall–Kier alpha value is -1.69. The van der Waals surface area contributed by atoms with Gasteiger partial charge in [0.05, 0.1) is 17.8 Å². The van der Waals surface area contributed by atoms with Crippen LogP contribution in [0.15, 0.2) is 6.20 Å². The predicted molar refractivity (Wildman–Crippen MR) is 76.8 cm³/mol. The molecule has 0 aromatic carbocycles. The number of nitrogens with zero attached hydrogens (tertiary/aromatic N) is 3. The van der Waals surface area contributed by atoms with Gasteiger partial charge in [-0.25, -0.2) is 9.97 Å². The van der Waals surface area contributed by atoms with Crippen LogP contribution in [0, 0.1) is 0 Å². The summed E-state index contributed by atoms with van der Waals surface area (Å²) >= 11 is 5.96. The van der Waals surface area contributed by atoms with Crippen molar-refractivity contribution in [2.45, 2.75) is 26.7 Å². The van der Waals surface area contributed by atoms with Gasteiger partial charge in [0.15, 0.2) is 5.69 Å². The summed E-state index contributed by atoms with van der Waals surface area (Å²) in [6.07, 6.45) is 1.41. The van der Waals surface area contributed by atoms with Gasteiger partial charge >= 0.3 is 0 Å². The average molecular weight is 299 g/mol. The fraction of sp³-hybridized carbons (Fsp3) is 0.538. The number of carbonyl (C=O) groups is 2. The van der Waals surface area contributed by atoms with E-state index >= 15 is 0 Å². The third-order valence-corrected chi connectivity index (χ3v) is 2.86. The summed E-state index contributed by atoms with van der Waals surface area (Å²) in [6.45, 7) is 6.15. The molecule has 1 N–H and O–H groups in total. The molecular formula is C13H19ClN4O2. The quantitative estimate of drug-likeness (QED) is 0.893. The van der Waals surface area contributed by atoms with E-state index in [9.17, 15) is 9.59 Å². The zero-order valence-electron chi connectivity index (χ0n) is 12.1. The summed E-state index contributed by atoms with van der Waals surface area (Å²) in [5.74, 6) is 0.0137. The first kappa shape index (κ1) is 16.4. The molecule has 0 aliphatic heterocycles. The van der Waals surface area contributed by atoms with Gasteiger partial charge in [0.2, 0.25) is 5.91 Å². The molecule has 0 atom stereocenters. The lowest BCUT2D eigenvalue weighted by atomic mass is 10.2. The fourth-order valence-electron chi connectivity index (χ4n) is 1.53. The van der Waals surface area contributed by atoms with Crippen molar-refractivity contribution in [2.24, 2.45) is 0 Å². The molecule has 0 spiro atoms. The number of hydrogen-bond acceptors (Lipinski definition) is 4. The molecular weight excluding hydrogens is 280 g/mol. The van der Waals surface area contributed by atoms with E-state index in [1.807, 2.05) is 20.8 Å². The second kappa shape index (κ2) is 7.19. The molecule has 0 saturated carbocycles. The van der Waals surface area contributed by atoms with Gasteiger partial charge in [-0.3, -0.25) is 9.59 Å². The molecule has 6 nitrogen and oxygen atoms in total. The summed E-state index contributed by atoms with van der Waals surface area (Å²) in [4.78, 5) is 33.3. The maximum absolute atomic E-state index is 12.3. The molecule has 1 aromatic heterocycles. The normalized spacial score (nSPS) is 10.5. The number of halogens is 1. The molecule has 0 aliphatic carbocycles. The highest BCUT2D eigenvalue weighted by atomic mass is 35.5. The minimum atomic E-state index is -0.398. The minimum absolute atomic E-state index is 0.0377. The van der Waals surface area contributed by atoms with Crippen LogP contribution in [0.1, 0.15) is 43.0 Å². The summed E-state index contributed by atoms with van der Waals surface area (Å²) < 4.78 is 0. The Morgan fingerprint density at radius 3 is 2.65 bits per heavy atom. The smallest absolute Gasteiger partial charge is 0.274 e. The Morgan fingerprint density at radius 1 is 1.45 bits per heavy atom. The van der Waals surface area contributed by atoms with Crippen molar-refractivity contribution in [3.05, 3.63) is 22.7 Å². The van der Waals surface area contributed by atoms with E-state index in [0.29, 0.717) is 12.4 Å². The largest absolute Gasteiger partial charge is 0.355 e. The van der Waals surface area contributed by atoms with Gasteiger partial charge in [-0.15, -0.1) is 0 Å². The van der Waals surface area contributed by atoms with Crippen LogP contribution in [0.2, 0.25) is 5.02 Å². The number of hydrogen-bond donors (Lipinski definition) is 1. The molecule has 2 amide bonds. The molecule has 1 aromatic rings. The molecule has 7 heteroatoms. The summed E-state index contributed by atoms with van der Waals surface area (Å²) in [5, 5.41) is 2.81. The zero-order chi connectivity index (χ0) is 15.3. The van der Waals surface area contributed by atoms with Crippen LogP contribution in [0.3, 0.4) is 0 Å². The number of likely N-dealkylation sites (N-methyl/N-ethyl adjacent to an activating group) is 2. The third-order valence-electron chi connectivity index (χ3n) is 2.58. The first-order valence-electron chi connectivity index (χ1n) is 6.41. The van der Waals surface area contributed by atoms with E-state index in [4.69, 9.17) is 11.6 Å². The Kier molecular flexibility index (Phi) is 5.88. The molecule has 1 rings (SSSR count). The molecule has 0 unspecified atom stereocenters. The lowest BCUT2D eigenvalue weighted by Gasteiger charge is -2.17. The molecule has 1 heterocycles. The zero-order valence-corrected chi connectivity index (χ0v) is 12.9. The van der Waals surface area contributed by atoms with Crippen LogP contribution in [0.4, 0.5) is 0 Å². The van der Waals surface area contributed by atoms with Crippen LogP contribution >= 0.6 is 11.6 Å². The topological polar surface area (TPSA) is 75.2 Å². The van der Waals surface area contributed by atoms with Crippen molar-refractivity contribution in [1.82, 2.24) is 20.2 Å². The number of carbonyl (C=O) groups excluding carboxylic acids is 2. The molecule has 0 aliphatic rings. The fourth-order valence-corrected chi connectivity index (χ4v) is 1.70. The Morgan fingerprint density at radius 2 is 2.10 bits per heavy atom. The standard InChI is InChI=1S/C13H19ClN4O2/c1-5-15-10(19)7-18(4)13(20)11-9(14)6-16-12(17-11)8(2)3/h6,8H,5,7H2,1-4H3,(H,15,19). The average Bonchev–Trinajstić information content (AvgIpc) is 2.38. The second-order valence-corrected chi connectivity index (χ2v) is 5.10. The third kappa shape index (κ3) is 4.16. The maximum atomic E-state index is 12.3. The first-order chi connectivity index (χ1) is 9.36. The van der Waals surface area contributed by atoms with Crippen molar-refractivity contribution in [3.63, 3.8) is 0 Å². The Labute approximate surface area is 123 Å². The molecule has 0 saturated heterocycles. The molecule has 0 radical (unpaired) electrons. The number of amides is 2. The van der Waals surface area contributed by atoms with Crippen molar-refractivity contribution >= 4 is 23.4 Å². The lowest BCUT2D eigenvalue weighted by molar-refractivity contribution is -0.121. The first-order valence-corrected chi connectivity index (χ1v) is 6.79. The van der Waals surface area contributed by atoms with E-state index in [1.165, 1.54) is 18.1 Å². The summed E-state index contributed by atoms with van der Waals surface area (Å²) in [5.41, 5.74) is 0.122.